The van der Waals surface area contributed by atoms with Gasteiger partial charge < -0.3 is 15.1 Å². The maximum atomic E-state index is 5.13. The van der Waals surface area contributed by atoms with Crippen LogP contribution in [0.1, 0.15) is 90.4 Å². The highest BCUT2D eigenvalue weighted by molar-refractivity contribution is 7.09. The van der Waals surface area contributed by atoms with Crippen LogP contribution in [-0.2, 0) is 12.8 Å². The molecular formula is C40H60N6S. The summed E-state index contributed by atoms with van der Waals surface area (Å²) in [4.78, 5) is 17.7. The molecule has 1 aliphatic heterocycles. The van der Waals surface area contributed by atoms with Crippen LogP contribution >= 0.6 is 11.3 Å². The normalized spacial score (nSPS) is 15.4. The number of thiazole rings is 1. The number of aryl methyl sites for hydroxylation is 1. The van der Waals surface area contributed by atoms with E-state index in [1.165, 1.54) is 59.7 Å². The molecule has 4 rings (SSSR count). The van der Waals surface area contributed by atoms with Crippen molar-refractivity contribution in [1.82, 2.24) is 20.2 Å². The quantitative estimate of drug-likeness (QED) is 0.146. The summed E-state index contributed by atoms with van der Waals surface area (Å²) in [5.74, 6) is 0. The van der Waals surface area contributed by atoms with Crippen LogP contribution in [0.5, 0.6) is 0 Å². The zero-order valence-corrected chi connectivity index (χ0v) is 31.3. The van der Waals surface area contributed by atoms with Gasteiger partial charge in [-0.3, -0.25) is 9.88 Å². The van der Waals surface area contributed by atoms with Gasteiger partial charge in [-0.2, -0.15) is 0 Å². The molecule has 1 unspecified atom stereocenters. The van der Waals surface area contributed by atoms with Crippen molar-refractivity contribution in [2.45, 2.75) is 93.0 Å². The summed E-state index contributed by atoms with van der Waals surface area (Å²) >= 11 is 1.72. The molecule has 0 aliphatic carbocycles. The first-order valence-corrected chi connectivity index (χ1v) is 18.8. The molecule has 1 fully saturated rings. The second kappa shape index (κ2) is 17.4. The van der Waals surface area contributed by atoms with E-state index < -0.39 is 0 Å². The van der Waals surface area contributed by atoms with E-state index in [4.69, 9.17) is 9.97 Å². The number of nitrogens with zero attached hydrogens (tertiary/aromatic N) is 5. The second-order valence-corrected chi connectivity index (χ2v) is 14.8. The zero-order valence-electron chi connectivity index (χ0n) is 30.5. The molecule has 1 atom stereocenters. The van der Waals surface area contributed by atoms with Crippen molar-refractivity contribution in [2.75, 3.05) is 56.1 Å². The van der Waals surface area contributed by atoms with E-state index in [-0.39, 0.29) is 11.5 Å². The first kappa shape index (κ1) is 36.8. The minimum absolute atomic E-state index is 0.223. The van der Waals surface area contributed by atoms with Crippen LogP contribution in [-0.4, -0.2) is 67.2 Å². The number of anilines is 2. The highest BCUT2D eigenvalue weighted by atomic mass is 32.1. The highest BCUT2D eigenvalue weighted by Gasteiger charge is 2.26. The predicted octanol–water partition coefficient (Wildman–Crippen LogP) is 9.09. The molecule has 47 heavy (non-hydrogen) atoms. The average Bonchev–Trinajstić information content (AvgIpc) is 3.54. The monoisotopic (exact) mass is 656 g/mol. The summed E-state index contributed by atoms with van der Waals surface area (Å²) in [6.07, 6.45) is 10.5. The molecule has 3 heterocycles. The topological polar surface area (TPSA) is 47.5 Å². The van der Waals surface area contributed by atoms with Gasteiger partial charge >= 0.3 is 0 Å². The second-order valence-electron chi connectivity index (χ2n) is 13.8. The van der Waals surface area contributed by atoms with Gasteiger partial charge in [0.15, 0.2) is 0 Å². The van der Waals surface area contributed by atoms with Gasteiger partial charge in [0.2, 0.25) is 0 Å². The molecule has 1 N–H and O–H groups in total. The molecule has 1 aromatic carbocycles. The third kappa shape index (κ3) is 9.55. The van der Waals surface area contributed by atoms with Crippen molar-refractivity contribution in [3.05, 3.63) is 76.4 Å². The number of allylic oxidation sites excluding steroid dienone is 1. The Morgan fingerprint density at radius 1 is 1.09 bits per heavy atom. The molecule has 256 valence electrons. The summed E-state index contributed by atoms with van der Waals surface area (Å²) in [6.45, 7) is 26.6. The third-order valence-electron chi connectivity index (χ3n) is 9.56. The lowest BCUT2D eigenvalue weighted by atomic mass is 9.80. The number of hydrogen-bond acceptors (Lipinski definition) is 7. The zero-order chi connectivity index (χ0) is 34.0. The molecule has 0 bridgehead atoms. The number of rotatable bonds is 17. The minimum atomic E-state index is 0.223. The van der Waals surface area contributed by atoms with Crippen molar-refractivity contribution in [1.29, 1.82) is 0 Å². The van der Waals surface area contributed by atoms with Gasteiger partial charge in [-0.25, -0.2) is 4.98 Å². The smallest absolute Gasteiger partial charge is 0.0951 e. The van der Waals surface area contributed by atoms with Gasteiger partial charge in [-0.05, 0) is 82.3 Å². The molecule has 7 heteroatoms. The van der Waals surface area contributed by atoms with Crippen molar-refractivity contribution in [3.8, 4) is 11.3 Å². The molecule has 0 spiro atoms. The molecule has 2 aromatic heterocycles. The van der Waals surface area contributed by atoms with Crippen LogP contribution in [0.4, 0.5) is 11.4 Å². The van der Waals surface area contributed by atoms with E-state index in [2.05, 4.69) is 117 Å². The Labute approximate surface area is 290 Å². The molecule has 0 amide bonds. The van der Waals surface area contributed by atoms with Crippen LogP contribution in [0.3, 0.4) is 0 Å². The number of likely N-dealkylation sites (N-methyl/N-ethyl adjacent to an activating group) is 1. The van der Waals surface area contributed by atoms with Crippen LogP contribution < -0.4 is 15.1 Å². The minimum Gasteiger partial charge on any atom is -0.368 e. The van der Waals surface area contributed by atoms with E-state index >= 15 is 0 Å². The van der Waals surface area contributed by atoms with E-state index in [0.29, 0.717) is 0 Å². The highest BCUT2D eigenvalue weighted by Crippen LogP contribution is 2.39. The number of piperazine rings is 1. The summed E-state index contributed by atoms with van der Waals surface area (Å²) < 4.78 is 0. The van der Waals surface area contributed by atoms with Crippen molar-refractivity contribution in [3.63, 3.8) is 0 Å². The fourth-order valence-corrected chi connectivity index (χ4v) is 8.03. The summed E-state index contributed by atoms with van der Waals surface area (Å²) in [7, 11) is 1.97. The Hall–Kier alpha value is -3.00. The molecule has 1 saturated heterocycles. The lowest BCUT2D eigenvalue weighted by Gasteiger charge is -2.37. The van der Waals surface area contributed by atoms with E-state index in [0.717, 1.165) is 68.3 Å². The molecular weight excluding hydrogens is 597 g/mol. The first-order chi connectivity index (χ1) is 22.7. The SMILES string of the molecule is C=CC(Cc1nc(-c2ccc(N(CC)/C(=C(\C)CC(C)(C)CCC)c3cc(N4CCN(CCC)CC4)cnc3CC)cc2)cs1)NC. The maximum Gasteiger partial charge on any atom is 0.0951 e. The number of hydrogen-bond donors (Lipinski definition) is 1. The number of pyridine rings is 1. The van der Waals surface area contributed by atoms with Crippen molar-refractivity contribution < 1.29 is 0 Å². The average molecular weight is 657 g/mol. The molecule has 0 saturated carbocycles. The fourth-order valence-electron chi connectivity index (χ4n) is 7.17. The van der Waals surface area contributed by atoms with Gasteiger partial charge in [0.1, 0.15) is 0 Å². The Morgan fingerprint density at radius 2 is 1.81 bits per heavy atom. The van der Waals surface area contributed by atoms with Crippen LogP contribution in [0.2, 0.25) is 0 Å². The summed E-state index contributed by atoms with van der Waals surface area (Å²) in [5.41, 5.74) is 10.1. The Balaban J connectivity index is 1.73. The van der Waals surface area contributed by atoms with Crippen molar-refractivity contribution in [2.24, 2.45) is 5.41 Å². The first-order valence-electron chi connectivity index (χ1n) is 17.9. The van der Waals surface area contributed by atoms with Gasteiger partial charge in [0.05, 0.1) is 22.6 Å². The molecule has 6 nitrogen and oxygen atoms in total. The van der Waals surface area contributed by atoms with Crippen LogP contribution in [0.15, 0.2) is 60.1 Å². The molecule has 0 radical (unpaired) electrons. The van der Waals surface area contributed by atoms with Crippen LogP contribution in [0.25, 0.3) is 17.0 Å². The Morgan fingerprint density at radius 3 is 2.40 bits per heavy atom. The largest absolute Gasteiger partial charge is 0.368 e. The van der Waals surface area contributed by atoms with Gasteiger partial charge in [-0.1, -0.05) is 59.2 Å². The van der Waals surface area contributed by atoms with Gasteiger partial charge in [0, 0.05) is 78.8 Å². The predicted molar refractivity (Wildman–Crippen MR) is 206 cm³/mol. The number of benzene rings is 1. The van der Waals surface area contributed by atoms with Gasteiger partial charge in [0.25, 0.3) is 0 Å². The summed E-state index contributed by atoms with van der Waals surface area (Å²) in [6, 6.07) is 11.7. The number of aromatic nitrogens is 2. The maximum absolute atomic E-state index is 5.13. The third-order valence-corrected chi connectivity index (χ3v) is 10.4. The number of nitrogens with one attached hydrogen (secondary N) is 1. The summed E-state index contributed by atoms with van der Waals surface area (Å²) in [5, 5.41) is 6.60. The van der Waals surface area contributed by atoms with Crippen molar-refractivity contribution >= 4 is 28.4 Å². The standard InChI is InChI=1S/C40H60N6S/c1-10-19-40(7,8)27-30(6)39(35-26-34(28-42-36(35)13-4)45-23-21-44(20-11-2)22-24-45)46(14-5)33-17-15-31(16-18-33)37-29-47-38(43-37)25-32(12-3)41-9/h12,15-18,26,28-29,32,41H,3,10-11,13-14,19-25,27H2,1-2,4-9H3/b39-30+. The molecule has 1 aliphatic rings. The van der Waals surface area contributed by atoms with E-state index in [1.807, 2.05) is 13.1 Å². The Bertz CT molecular complexity index is 1450. The van der Waals surface area contributed by atoms with Crippen LogP contribution in [0, 0.1) is 5.41 Å². The lowest BCUT2D eigenvalue weighted by Crippen LogP contribution is -2.46. The van der Waals surface area contributed by atoms with E-state index in [9.17, 15) is 0 Å². The Kier molecular flexibility index (Phi) is 13.6. The molecule has 3 aromatic rings. The lowest BCUT2D eigenvalue weighted by molar-refractivity contribution is 0.258. The van der Waals surface area contributed by atoms with Gasteiger partial charge in [-0.15, -0.1) is 17.9 Å². The fraction of sp³-hybridized carbons (Fsp3) is 0.550. The van der Waals surface area contributed by atoms with E-state index in [1.54, 1.807) is 11.3 Å².